The second kappa shape index (κ2) is 9.00. The van der Waals surface area contributed by atoms with Crippen LogP contribution in [0.2, 0.25) is 0 Å². The second-order valence-electron chi connectivity index (χ2n) is 0.699. The molecule has 60 valence electrons. The summed E-state index contributed by atoms with van der Waals surface area (Å²) in [6.07, 6.45) is 0. The topological polar surface area (TPSA) is 124 Å². The van der Waals surface area contributed by atoms with Gasteiger partial charge in [0.2, 0.25) is 0 Å². The van der Waals surface area contributed by atoms with Gasteiger partial charge in [-0.15, -0.1) is 9.79 Å². The monoisotopic (exact) mass is 192 g/mol. The molecular weight excluding hydrogens is 186 g/mol. The summed E-state index contributed by atoms with van der Waals surface area (Å²) in [6.45, 7) is -0.750. The average molecular weight is 192 g/mol. The second-order valence-corrected chi connectivity index (χ2v) is 2.30. The first kappa shape index (κ1) is 12.7. The zero-order chi connectivity index (χ0) is 8.57. The maximum atomic E-state index is 9.39. The first-order valence-corrected chi connectivity index (χ1v) is 4.02. The van der Waals surface area contributed by atoms with Crippen molar-refractivity contribution in [3.63, 3.8) is 0 Å². The van der Waals surface area contributed by atoms with E-state index in [2.05, 4.69) is 4.31 Å². The zero-order valence-corrected chi connectivity index (χ0v) is 6.40. The Morgan fingerprint density at radius 2 is 1.30 bits per heavy atom. The van der Waals surface area contributed by atoms with E-state index in [9.17, 15) is 9.13 Å². The molecule has 0 amide bonds. The molecule has 0 aromatic heterocycles. The highest BCUT2D eigenvalue weighted by Gasteiger charge is 2.31. The first-order valence-electron chi connectivity index (χ1n) is 1.76. The number of aliphatic hydroxyl groups excluding tert-OH is 1. The summed E-state index contributed by atoms with van der Waals surface area (Å²) < 4.78 is 22.2. The van der Waals surface area contributed by atoms with Crippen molar-refractivity contribution < 1.29 is 33.4 Å². The number of rotatable bonds is 2. The third-order valence-electron chi connectivity index (χ3n) is 0.140. The van der Waals surface area contributed by atoms with E-state index in [1.54, 1.807) is 0 Å². The van der Waals surface area contributed by atoms with Gasteiger partial charge in [0.05, 0.1) is 0 Å². The Labute approximate surface area is 57.8 Å². The maximum Gasteiger partial charge on any atom is 0.745 e. The normalized spacial score (nSPS) is 11.2. The Bertz CT molecular complexity index is 98.2. The molecular formula is CH6O7P2+2. The van der Waals surface area contributed by atoms with E-state index < -0.39 is 23.3 Å². The minimum Gasteiger partial charge on any atom is -0.371 e. The van der Waals surface area contributed by atoms with E-state index in [-0.39, 0.29) is 0 Å². The van der Waals surface area contributed by atoms with Crippen LogP contribution in [0.25, 0.3) is 0 Å². The zero-order valence-electron chi connectivity index (χ0n) is 4.62. The fraction of sp³-hybridized carbons (Fsp3) is 1.00. The molecule has 2 atom stereocenters. The molecule has 0 aromatic carbocycles. The molecule has 0 saturated carbocycles. The van der Waals surface area contributed by atoms with Gasteiger partial charge in [0.25, 0.3) is 0 Å². The quantitative estimate of drug-likeness (QED) is 0.334. The molecule has 0 rings (SSSR count). The SMILES string of the molecule is O=[P+](O)O[P+](=O)O.OCO. The average Bonchev–Trinajstić information content (AvgIpc) is 1.62. The Morgan fingerprint density at radius 1 is 1.10 bits per heavy atom. The van der Waals surface area contributed by atoms with Crippen molar-refractivity contribution in [2.75, 3.05) is 6.79 Å². The lowest BCUT2D eigenvalue weighted by Crippen LogP contribution is -1.66. The van der Waals surface area contributed by atoms with Crippen molar-refractivity contribution in [3.8, 4) is 0 Å². The Morgan fingerprint density at radius 3 is 1.30 bits per heavy atom. The van der Waals surface area contributed by atoms with Crippen LogP contribution >= 0.6 is 16.5 Å². The minimum absolute atomic E-state index is 0.750. The molecule has 0 radical (unpaired) electrons. The Hall–Kier alpha value is -0.0000000000000000694. The predicted molar refractivity (Wildman–Crippen MR) is 30.0 cm³/mol. The molecule has 7 nitrogen and oxygen atoms in total. The molecule has 0 saturated heterocycles. The summed E-state index contributed by atoms with van der Waals surface area (Å²) >= 11 is 0. The van der Waals surface area contributed by atoms with Crippen LogP contribution in [0.1, 0.15) is 0 Å². The van der Waals surface area contributed by atoms with Crippen LogP contribution in [0, 0.1) is 0 Å². The van der Waals surface area contributed by atoms with Gasteiger partial charge in [0.15, 0.2) is 4.31 Å². The van der Waals surface area contributed by atoms with Crippen LogP contribution in [0.4, 0.5) is 0 Å². The van der Waals surface area contributed by atoms with E-state index in [1.807, 2.05) is 0 Å². The third-order valence-corrected chi connectivity index (χ3v) is 1.26. The lowest BCUT2D eigenvalue weighted by molar-refractivity contribution is 0.0773. The highest BCUT2D eigenvalue weighted by atomic mass is 31.2. The molecule has 0 heterocycles. The van der Waals surface area contributed by atoms with E-state index in [1.165, 1.54) is 0 Å². The van der Waals surface area contributed by atoms with Crippen molar-refractivity contribution in [2.45, 2.75) is 0 Å². The summed E-state index contributed by atoms with van der Waals surface area (Å²) in [5, 5.41) is 14.2. The number of hydrogen-bond acceptors (Lipinski definition) is 5. The smallest absolute Gasteiger partial charge is 0.371 e. The highest BCUT2D eigenvalue weighted by molar-refractivity contribution is 7.46. The van der Waals surface area contributed by atoms with Gasteiger partial charge >= 0.3 is 16.5 Å². The highest BCUT2D eigenvalue weighted by Crippen LogP contribution is 2.30. The standard InChI is InChI=1S/CH4O2.O5P2/c2-1-3;1-6(2)5-7(3)4/h2-3H,1H2;/p+2. The third kappa shape index (κ3) is 24.5. The van der Waals surface area contributed by atoms with Crippen LogP contribution in [0.3, 0.4) is 0 Å². The van der Waals surface area contributed by atoms with Crippen LogP contribution in [-0.2, 0) is 13.4 Å². The van der Waals surface area contributed by atoms with Crippen molar-refractivity contribution in [2.24, 2.45) is 0 Å². The van der Waals surface area contributed by atoms with Crippen molar-refractivity contribution in [3.05, 3.63) is 0 Å². The lowest BCUT2D eigenvalue weighted by Gasteiger charge is -1.55. The Kier molecular flexibility index (Phi) is 11.4. The maximum absolute atomic E-state index is 9.39. The van der Waals surface area contributed by atoms with Gasteiger partial charge in [-0.25, -0.2) is 0 Å². The molecule has 10 heavy (non-hydrogen) atoms. The van der Waals surface area contributed by atoms with Crippen molar-refractivity contribution in [1.29, 1.82) is 0 Å². The summed E-state index contributed by atoms with van der Waals surface area (Å²) in [5.41, 5.74) is 0. The van der Waals surface area contributed by atoms with E-state index in [0.29, 0.717) is 0 Å². The summed E-state index contributed by atoms with van der Waals surface area (Å²) in [7, 11) is -5.85. The van der Waals surface area contributed by atoms with Crippen LogP contribution in [0.5, 0.6) is 0 Å². The largest absolute Gasteiger partial charge is 0.745 e. The summed E-state index contributed by atoms with van der Waals surface area (Å²) in [5.74, 6) is 0. The number of hydrogen-bond donors (Lipinski definition) is 4. The molecule has 2 unspecified atom stereocenters. The molecule has 0 aromatic rings. The van der Waals surface area contributed by atoms with Gasteiger partial charge in [-0.05, 0) is 0 Å². The molecule has 0 aliphatic rings. The van der Waals surface area contributed by atoms with Gasteiger partial charge in [-0.3, -0.25) is 0 Å². The van der Waals surface area contributed by atoms with Gasteiger partial charge in [0.1, 0.15) is 6.79 Å². The molecule has 0 spiro atoms. The molecule has 9 heteroatoms. The van der Waals surface area contributed by atoms with Gasteiger partial charge in [-0.2, -0.15) is 0 Å². The predicted octanol–water partition coefficient (Wildman–Crippen LogP) is -0.769. The lowest BCUT2D eigenvalue weighted by atomic mass is 11.6. The van der Waals surface area contributed by atoms with Crippen LogP contribution < -0.4 is 0 Å². The first-order chi connectivity index (χ1) is 4.54. The Balaban J connectivity index is 0. The fourth-order valence-electron chi connectivity index (χ4n) is 0.0598. The van der Waals surface area contributed by atoms with E-state index in [4.69, 9.17) is 20.0 Å². The molecule has 0 aliphatic carbocycles. The van der Waals surface area contributed by atoms with Crippen molar-refractivity contribution in [1.82, 2.24) is 0 Å². The van der Waals surface area contributed by atoms with E-state index >= 15 is 0 Å². The molecule has 4 N–H and O–H groups in total. The fourth-order valence-corrected chi connectivity index (χ4v) is 0.538. The molecule has 0 fully saturated rings. The number of aliphatic hydroxyl groups is 2. The minimum atomic E-state index is -2.92. The van der Waals surface area contributed by atoms with Crippen LogP contribution in [0.15, 0.2) is 0 Å². The van der Waals surface area contributed by atoms with Crippen LogP contribution in [-0.4, -0.2) is 26.8 Å². The van der Waals surface area contributed by atoms with Gasteiger partial charge in [-0.1, -0.05) is 0 Å². The van der Waals surface area contributed by atoms with Gasteiger partial charge in [0, 0.05) is 9.13 Å². The summed E-state index contributed by atoms with van der Waals surface area (Å²) in [4.78, 5) is 15.3. The molecule has 0 bridgehead atoms. The summed E-state index contributed by atoms with van der Waals surface area (Å²) in [6, 6.07) is 0. The van der Waals surface area contributed by atoms with Gasteiger partial charge < -0.3 is 10.2 Å². The van der Waals surface area contributed by atoms with Crippen molar-refractivity contribution >= 4 is 16.5 Å². The van der Waals surface area contributed by atoms with E-state index in [0.717, 1.165) is 0 Å². The molecule has 0 aliphatic heterocycles.